The first kappa shape index (κ1) is 14.0. The van der Waals surface area contributed by atoms with Crippen LogP contribution in [-0.2, 0) is 11.3 Å². The van der Waals surface area contributed by atoms with Crippen molar-refractivity contribution in [1.29, 1.82) is 0 Å². The number of rotatable bonds is 3. The van der Waals surface area contributed by atoms with Crippen molar-refractivity contribution < 1.29 is 9.90 Å². The number of hydrogen-bond donors (Lipinski definition) is 1. The molecule has 4 saturated carbocycles. The average molecular weight is 400 g/mol. The number of nitrogens with zero attached hydrogens (tertiary/aromatic N) is 2. The van der Waals surface area contributed by atoms with E-state index in [0.717, 1.165) is 25.8 Å². The Morgan fingerprint density at radius 1 is 1.43 bits per heavy atom. The van der Waals surface area contributed by atoms with Crippen molar-refractivity contribution in [3.8, 4) is 0 Å². The summed E-state index contributed by atoms with van der Waals surface area (Å²) in [6.45, 7) is 3.02. The average Bonchev–Trinajstić information content (AvgIpc) is 2.68. The number of halogens is 1. The van der Waals surface area contributed by atoms with Gasteiger partial charge in [0.25, 0.3) is 0 Å². The van der Waals surface area contributed by atoms with Gasteiger partial charge in [0.1, 0.15) is 0 Å². The zero-order chi connectivity index (χ0) is 14.8. The Kier molecular flexibility index (Phi) is 2.98. The summed E-state index contributed by atoms with van der Waals surface area (Å²) in [5.74, 6) is 0.697. The van der Waals surface area contributed by atoms with E-state index >= 15 is 0 Å². The largest absolute Gasteiger partial charge is 0.481 e. The van der Waals surface area contributed by atoms with Crippen molar-refractivity contribution in [2.45, 2.75) is 52.0 Å². The Balaban J connectivity index is 1.68. The molecule has 5 rings (SSSR count). The smallest absolute Gasteiger partial charge is 0.309 e. The van der Waals surface area contributed by atoms with Crippen LogP contribution in [-0.4, -0.2) is 20.9 Å². The van der Waals surface area contributed by atoms with Crippen LogP contribution in [0.4, 0.5) is 0 Å². The molecule has 114 valence electrons. The van der Waals surface area contributed by atoms with Gasteiger partial charge in [0, 0.05) is 12.2 Å². The van der Waals surface area contributed by atoms with E-state index in [0.29, 0.717) is 11.8 Å². The Labute approximate surface area is 138 Å². The van der Waals surface area contributed by atoms with Crippen LogP contribution in [0.2, 0.25) is 0 Å². The zero-order valence-electron chi connectivity index (χ0n) is 12.3. The standard InChI is InChI=1S/C16H21IN2O2/c1-10-13(17)7-18-19(10)9-15-3-11-2-12(4-15)6-16(5-11,8-15)14(20)21/h7,11-12H,2-6,8-9H2,1H3,(H,20,21). The van der Waals surface area contributed by atoms with Gasteiger partial charge in [-0.25, -0.2) is 0 Å². The molecule has 0 aliphatic heterocycles. The number of carboxylic acids is 1. The Morgan fingerprint density at radius 2 is 2.10 bits per heavy atom. The number of aliphatic carboxylic acids is 1. The SMILES string of the molecule is Cc1c(I)cnn1CC12CC3CC(C1)CC(C(=O)O)(C3)C2. The second kappa shape index (κ2) is 4.46. The van der Waals surface area contributed by atoms with Crippen molar-refractivity contribution in [2.24, 2.45) is 22.7 Å². The first-order chi connectivity index (χ1) is 9.91. The monoisotopic (exact) mass is 400 g/mol. The third-order valence-corrected chi connectivity index (χ3v) is 7.22. The van der Waals surface area contributed by atoms with Crippen LogP contribution in [0.25, 0.3) is 0 Å². The molecule has 4 aliphatic rings. The van der Waals surface area contributed by atoms with E-state index in [-0.39, 0.29) is 5.41 Å². The highest BCUT2D eigenvalue weighted by atomic mass is 127. The molecular formula is C16H21IN2O2. The van der Waals surface area contributed by atoms with Crippen LogP contribution in [0.3, 0.4) is 0 Å². The van der Waals surface area contributed by atoms with Crippen LogP contribution in [0.5, 0.6) is 0 Å². The lowest BCUT2D eigenvalue weighted by atomic mass is 9.44. The predicted octanol–water partition coefficient (Wildman–Crippen LogP) is 3.47. The summed E-state index contributed by atoms with van der Waals surface area (Å²) < 4.78 is 3.31. The Morgan fingerprint density at radius 3 is 2.62 bits per heavy atom. The normalized spacial score (nSPS) is 40.7. The fraction of sp³-hybridized carbons (Fsp3) is 0.750. The van der Waals surface area contributed by atoms with Crippen molar-refractivity contribution in [3.63, 3.8) is 0 Å². The van der Waals surface area contributed by atoms with Crippen LogP contribution in [0.1, 0.15) is 44.2 Å². The number of hydrogen-bond acceptors (Lipinski definition) is 2. The second-order valence-corrected chi connectivity index (χ2v) is 8.94. The van der Waals surface area contributed by atoms with Crippen LogP contribution >= 0.6 is 22.6 Å². The molecule has 0 saturated heterocycles. The van der Waals surface area contributed by atoms with Crippen LogP contribution in [0.15, 0.2) is 6.20 Å². The van der Waals surface area contributed by atoms with Crippen molar-refractivity contribution in [1.82, 2.24) is 9.78 Å². The van der Waals surface area contributed by atoms with Gasteiger partial charge in [-0.15, -0.1) is 0 Å². The van der Waals surface area contributed by atoms with Crippen molar-refractivity contribution in [2.75, 3.05) is 0 Å². The predicted molar refractivity (Wildman–Crippen MR) is 86.9 cm³/mol. The molecule has 4 aliphatic carbocycles. The van der Waals surface area contributed by atoms with E-state index in [1.54, 1.807) is 0 Å². The summed E-state index contributed by atoms with van der Waals surface area (Å²) in [4.78, 5) is 11.9. The van der Waals surface area contributed by atoms with Gasteiger partial charge in [0.05, 0.1) is 15.2 Å². The fourth-order valence-electron chi connectivity index (χ4n) is 5.79. The van der Waals surface area contributed by atoms with Gasteiger partial charge < -0.3 is 5.11 Å². The molecule has 0 radical (unpaired) electrons. The maximum Gasteiger partial charge on any atom is 0.309 e. The lowest BCUT2D eigenvalue weighted by Crippen LogP contribution is -2.56. The summed E-state index contributed by atoms with van der Waals surface area (Å²) in [7, 11) is 0. The lowest BCUT2D eigenvalue weighted by Gasteiger charge is -2.60. The molecule has 5 heteroatoms. The van der Waals surface area contributed by atoms with Crippen LogP contribution in [0, 0.1) is 33.2 Å². The van der Waals surface area contributed by atoms with Gasteiger partial charge in [-0.05, 0) is 85.3 Å². The molecule has 0 amide bonds. The molecule has 1 heterocycles. The molecule has 2 unspecified atom stereocenters. The van der Waals surface area contributed by atoms with E-state index in [9.17, 15) is 9.90 Å². The number of aromatic nitrogens is 2. The third kappa shape index (κ3) is 2.06. The third-order valence-electron chi connectivity index (χ3n) is 6.16. The Bertz CT molecular complexity index is 595. The zero-order valence-corrected chi connectivity index (χ0v) is 14.5. The quantitative estimate of drug-likeness (QED) is 0.791. The highest BCUT2D eigenvalue weighted by molar-refractivity contribution is 14.1. The second-order valence-electron chi connectivity index (χ2n) is 7.78. The summed E-state index contributed by atoms with van der Waals surface area (Å²) in [6.07, 6.45) is 8.27. The minimum atomic E-state index is -0.548. The molecule has 4 bridgehead atoms. The molecule has 4 nitrogen and oxygen atoms in total. The fourth-order valence-corrected chi connectivity index (χ4v) is 6.19. The first-order valence-corrected chi connectivity index (χ1v) is 8.91. The lowest BCUT2D eigenvalue weighted by molar-refractivity contribution is -0.176. The minimum absolute atomic E-state index is 0.169. The summed E-state index contributed by atoms with van der Waals surface area (Å²) in [5, 5.41) is 14.3. The molecule has 1 N–H and O–H groups in total. The molecule has 2 atom stereocenters. The molecule has 0 aromatic carbocycles. The van der Waals surface area contributed by atoms with E-state index in [1.807, 2.05) is 6.20 Å². The van der Waals surface area contributed by atoms with Gasteiger partial charge in [-0.1, -0.05) is 0 Å². The number of carbonyl (C=O) groups is 1. The van der Waals surface area contributed by atoms with E-state index < -0.39 is 11.4 Å². The summed E-state index contributed by atoms with van der Waals surface area (Å²) in [6, 6.07) is 0. The topological polar surface area (TPSA) is 55.1 Å². The van der Waals surface area contributed by atoms with Gasteiger partial charge in [0.15, 0.2) is 0 Å². The maximum absolute atomic E-state index is 11.9. The van der Waals surface area contributed by atoms with Gasteiger partial charge in [-0.2, -0.15) is 5.10 Å². The first-order valence-electron chi connectivity index (χ1n) is 7.83. The van der Waals surface area contributed by atoms with Gasteiger partial charge >= 0.3 is 5.97 Å². The maximum atomic E-state index is 11.9. The molecule has 4 fully saturated rings. The summed E-state index contributed by atoms with van der Waals surface area (Å²) >= 11 is 2.32. The van der Waals surface area contributed by atoms with E-state index in [1.165, 1.54) is 28.5 Å². The van der Waals surface area contributed by atoms with E-state index in [2.05, 4.69) is 39.3 Å². The molecule has 21 heavy (non-hydrogen) atoms. The molecule has 1 aromatic heterocycles. The van der Waals surface area contributed by atoms with Crippen molar-refractivity contribution in [3.05, 3.63) is 15.5 Å². The van der Waals surface area contributed by atoms with Gasteiger partial charge in [-0.3, -0.25) is 9.48 Å². The minimum Gasteiger partial charge on any atom is -0.481 e. The Hall–Kier alpha value is -0.590. The van der Waals surface area contributed by atoms with Crippen molar-refractivity contribution >= 4 is 28.6 Å². The molecule has 0 spiro atoms. The summed E-state index contributed by atoms with van der Waals surface area (Å²) in [5.41, 5.74) is 0.955. The van der Waals surface area contributed by atoms with E-state index in [4.69, 9.17) is 0 Å². The van der Waals surface area contributed by atoms with Crippen LogP contribution < -0.4 is 0 Å². The van der Waals surface area contributed by atoms with Gasteiger partial charge in [0.2, 0.25) is 0 Å². The highest BCUT2D eigenvalue weighted by Crippen LogP contribution is 2.65. The molecule has 1 aromatic rings. The highest BCUT2D eigenvalue weighted by Gasteiger charge is 2.60. The molecular weight excluding hydrogens is 379 g/mol. The number of carboxylic acid groups (broad SMARTS) is 1.